The van der Waals surface area contributed by atoms with Crippen molar-refractivity contribution in [1.29, 1.82) is 0 Å². The predicted molar refractivity (Wildman–Crippen MR) is 120 cm³/mol. The molecule has 166 valence electrons. The first kappa shape index (κ1) is 22.5. The van der Waals surface area contributed by atoms with Crippen LogP contribution >= 0.6 is 0 Å². The smallest absolute Gasteiger partial charge is 0.407 e. The Labute approximate surface area is 183 Å². The summed E-state index contributed by atoms with van der Waals surface area (Å²) in [6.07, 6.45) is 0.975. The van der Waals surface area contributed by atoms with E-state index in [4.69, 9.17) is 9.47 Å². The van der Waals surface area contributed by atoms with Gasteiger partial charge in [-0.1, -0.05) is 30.3 Å². The molecule has 7 nitrogen and oxygen atoms in total. The largest absolute Gasteiger partial charge is 0.489 e. The highest BCUT2D eigenvalue weighted by Gasteiger charge is 2.25. The van der Waals surface area contributed by atoms with Crippen molar-refractivity contribution in [2.45, 2.75) is 51.9 Å². The molecule has 1 fully saturated rings. The Morgan fingerprint density at radius 1 is 1.00 bits per heavy atom. The van der Waals surface area contributed by atoms with Crippen molar-refractivity contribution < 1.29 is 19.1 Å². The number of nitrogens with one attached hydrogen (secondary N) is 2. The minimum absolute atomic E-state index is 0.0138. The van der Waals surface area contributed by atoms with Crippen LogP contribution in [0.1, 0.15) is 39.2 Å². The zero-order chi connectivity index (χ0) is 22.3. The minimum atomic E-state index is -0.521. The number of anilines is 1. The van der Waals surface area contributed by atoms with E-state index in [0.29, 0.717) is 38.2 Å². The molecule has 3 rings (SSSR count). The maximum Gasteiger partial charge on any atom is 0.407 e. The topological polar surface area (TPSA) is 79.9 Å². The summed E-state index contributed by atoms with van der Waals surface area (Å²) in [6, 6.07) is 17.2. The average Bonchev–Trinajstić information content (AvgIpc) is 2.73. The van der Waals surface area contributed by atoms with Crippen LogP contribution in [0.15, 0.2) is 54.6 Å². The molecule has 1 heterocycles. The molecular formula is C24H31N3O4. The van der Waals surface area contributed by atoms with Crippen LogP contribution in [-0.2, 0) is 11.3 Å². The number of alkyl carbamates (subject to hydrolysis) is 1. The third kappa shape index (κ3) is 7.51. The van der Waals surface area contributed by atoms with Crippen LogP contribution in [0.3, 0.4) is 0 Å². The Hall–Kier alpha value is -3.22. The van der Waals surface area contributed by atoms with E-state index in [1.54, 1.807) is 4.90 Å². The van der Waals surface area contributed by atoms with Gasteiger partial charge in [-0.2, -0.15) is 0 Å². The third-order valence-corrected chi connectivity index (χ3v) is 4.86. The van der Waals surface area contributed by atoms with E-state index in [9.17, 15) is 9.59 Å². The van der Waals surface area contributed by atoms with Crippen LogP contribution in [0.2, 0.25) is 0 Å². The van der Waals surface area contributed by atoms with Crippen molar-refractivity contribution in [1.82, 2.24) is 10.2 Å². The number of rotatable bonds is 5. The van der Waals surface area contributed by atoms with Gasteiger partial charge in [0.15, 0.2) is 0 Å². The Morgan fingerprint density at radius 3 is 2.26 bits per heavy atom. The molecule has 1 aliphatic heterocycles. The second-order valence-electron chi connectivity index (χ2n) is 8.64. The molecule has 2 aromatic rings. The predicted octanol–water partition coefficient (Wildman–Crippen LogP) is 4.79. The molecule has 0 saturated carbocycles. The van der Waals surface area contributed by atoms with Gasteiger partial charge in [0.05, 0.1) is 0 Å². The van der Waals surface area contributed by atoms with Crippen molar-refractivity contribution in [2.24, 2.45) is 0 Å². The van der Waals surface area contributed by atoms with Gasteiger partial charge in [-0.25, -0.2) is 9.59 Å². The van der Waals surface area contributed by atoms with Crippen LogP contribution in [0.5, 0.6) is 5.75 Å². The number of urea groups is 1. The highest BCUT2D eigenvalue weighted by molar-refractivity contribution is 5.89. The Morgan fingerprint density at radius 2 is 1.65 bits per heavy atom. The molecule has 0 unspecified atom stereocenters. The number of likely N-dealkylation sites (tertiary alicyclic amines) is 1. The Bertz CT molecular complexity index is 855. The molecule has 7 heteroatoms. The lowest BCUT2D eigenvalue weighted by Crippen LogP contribution is -2.48. The SMILES string of the molecule is CC(C)(C)OC(=O)NC1CCN(C(=O)Nc2ccc(OCc3ccccc3)cc2)CC1. The number of piperidine rings is 1. The summed E-state index contributed by atoms with van der Waals surface area (Å²) < 4.78 is 11.1. The lowest BCUT2D eigenvalue weighted by atomic mass is 10.1. The molecule has 0 radical (unpaired) electrons. The van der Waals surface area contributed by atoms with Crippen molar-refractivity contribution in [3.05, 3.63) is 60.2 Å². The molecule has 0 bridgehead atoms. The van der Waals surface area contributed by atoms with Gasteiger partial charge in [0.2, 0.25) is 0 Å². The molecule has 2 aromatic carbocycles. The fourth-order valence-corrected chi connectivity index (χ4v) is 3.28. The Balaban J connectivity index is 1.41. The van der Waals surface area contributed by atoms with Crippen LogP contribution < -0.4 is 15.4 Å². The maximum atomic E-state index is 12.6. The summed E-state index contributed by atoms with van der Waals surface area (Å²) in [7, 11) is 0. The van der Waals surface area contributed by atoms with Gasteiger partial charge in [-0.05, 0) is 63.4 Å². The lowest BCUT2D eigenvalue weighted by Gasteiger charge is -2.32. The summed E-state index contributed by atoms with van der Waals surface area (Å²) in [5, 5.41) is 5.80. The van der Waals surface area contributed by atoms with Crippen LogP contribution in [0.25, 0.3) is 0 Å². The molecule has 1 saturated heterocycles. The number of hydrogen-bond acceptors (Lipinski definition) is 4. The van der Waals surface area contributed by atoms with Crippen LogP contribution in [-0.4, -0.2) is 41.8 Å². The summed E-state index contributed by atoms with van der Waals surface area (Å²) in [5.41, 5.74) is 1.29. The first-order valence-corrected chi connectivity index (χ1v) is 10.6. The van der Waals surface area contributed by atoms with E-state index in [1.165, 1.54) is 0 Å². The summed E-state index contributed by atoms with van der Waals surface area (Å²) >= 11 is 0. The molecule has 0 atom stereocenters. The van der Waals surface area contributed by atoms with E-state index in [1.807, 2.05) is 75.4 Å². The summed E-state index contributed by atoms with van der Waals surface area (Å²) in [6.45, 7) is 7.15. The molecule has 1 aliphatic rings. The standard InChI is InChI=1S/C24H31N3O4/c1-24(2,3)31-23(29)26-20-13-15-27(16-14-20)22(28)25-19-9-11-21(12-10-19)30-17-18-7-5-4-6-8-18/h4-12,20H,13-17H2,1-3H3,(H,25,28)(H,26,29). The first-order chi connectivity index (χ1) is 14.8. The van der Waals surface area contributed by atoms with E-state index in [2.05, 4.69) is 10.6 Å². The first-order valence-electron chi connectivity index (χ1n) is 10.6. The Kier molecular flexibility index (Phi) is 7.39. The molecule has 2 N–H and O–H groups in total. The van der Waals surface area contributed by atoms with Crippen molar-refractivity contribution in [2.75, 3.05) is 18.4 Å². The van der Waals surface area contributed by atoms with Gasteiger partial charge < -0.3 is 25.0 Å². The molecule has 0 aromatic heterocycles. The van der Waals surface area contributed by atoms with Crippen molar-refractivity contribution in [3.63, 3.8) is 0 Å². The van der Waals surface area contributed by atoms with E-state index >= 15 is 0 Å². The van der Waals surface area contributed by atoms with Crippen LogP contribution in [0.4, 0.5) is 15.3 Å². The van der Waals surface area contributed by atoms with Crippen molar-refractivity contribution in [3.8, 4) is 5.75 Å². The summed E-state index contributed by atoms with van der Waals surface area (Å²) in [5.74, 6) is 0.746. The molecular weight excluding hydrogens is 394 g/mol. The molecule has 0 spiro atoms. The number of benzene rings is 2. The van der Waals surface area contributed by atoms with Crippen molar-refractivity contribution >= 4 is 17.8 Å². The second kappa shape index (κ2) is 10.2. The zero-order valence-corrected chi connectivity index (χ0v) is 18.4. The molecule has 31 heavy (non-hydrogen) atoms. The van der Waals surface area contributed by atoms with Gasteiger partial charge in [-0.15, -0.1) is 0 Å². The quantitative estimate of drug-likeness (QED) is 0.722. The van der Waals surface area contributed by atoms with E-state index in [0.717, 1.165) is 11.3 Å². The minimum Gasteiger partial charge on any atom is -0.489 e. The third-order valence-electron chi connectivity index (χ3n) is 4.86. The molecule has 3 amide bonds. The van der Waals surface area contributed by atoms with Gasteiger partial charge in [0, 0.05) is 24.8 Å². The number of nitrogens with zero attached hydrogens (tertiary/aromatic N) is 1. The molecule has 0 aliphatic carbocycles. The lowest BCUT2D eigenvalue weighted by molar-refractivity contribution is 0.0486. The number of carbonyl (C=O) groups is 2. The average molecular weight is 426 g/mol. The normalized spacial score (nSPS) is 14.6. The highest BCUT2D eigenvalue weighted by atomic mass is 16.6. The second-order valence-corrected chi connectivity index (χ2v) is 8.64. The number of hydrogen-bond donors (Lipinski definition) is 2. The summed E-state index contributed by atoms with van der Waals surface area (Å²) in [4.78, 5) is 26.2. The van der Waals surface area contributed by atoms with Gasteiger partial charge in [-0.3, -0.25) is 0 Å². The fourth-order valence-electron chi connectivity index (χ4n) is 3.28. The zero-order valence-electron chi connectivity index (χ0n) is 18.4. The highest BCUT2D eigenvalue weighted by Crippen LogP contribution is 2.19. The number of carbonyl (C=O) groups excluding carboxylic acids is 2. The van der Waals surface area contributed by atoms with Crippen LogP contribution in [0, 0.1) is 0 Å². The van der Waals surface area contributed by atoms with Gasteiger partial charge >= 0.3 is 12.1 Å². The van der Waals surface area contributed by atoms with Gasteiger partial charge in [0.1, 0.15) is 18.0 Å². The fraction of sp³-hybridized carbons (Fsp3) is 0.417. The monoisotopic (exact) mass is 425 g/mol. The number of amides is 3. The van der Waals surface area contributed by atoms with E-state index < -0.39 is 11.7 Å². The maximum absolute atomic E-state index is 12.6. The van der Waals surface area contributed by atoms with Gasteiger partial charge in [0.25, 0.3) is 0 Å². The number of ether oxygens (including phenoxy) is 2. The van der Waals surface area contributed by atoms with E-state index in [-0.39, 0.29) is 12.1 Å².